The van der Waals surface area contributed by atoms with E-state index in [0.717, 1.165) is 18.8 Å². The van der Waals surface area contributed by atoms with Gasteiger partial charge in [-0.2, -0.15) is 5.10 Å². The predicted octanol–water partition coefficient (Wildman–Crippen LogP) is 1.37. The Morgan fingerprint density at radius 1 is 1.56 bits per heavy atom. The number of rotatable bonds is 8. The summed E-state index contributed by atoms with van der Waals surface area (Å²) in [6.07, 6.45) is 3.79. The molecule has 1 unspecified atom stereocenters. The van der Waals surface area contributed by atoms with Crippen LogP contribution in [0.2, 0.25) is 0 Å². The van der Waals surface area contributed by atoms with Gasteiger partial charge in [0.25, 0.3) is 0 Å². The number of ether oxygens (including phenoxy) is 2. The van der Waals surface area contributed by atoms with Crippen molar-refractivity contribution in [1.29, 1.82) is 0 Å². The van der Waals surface area contributed by atoms with Crippen molar-refractivity contribution < 1.29 is 9.47 Å². The largest absolute Gasteiger partial charge is 0.383 e. The number of anilines is 1. The molecule has 0 amide bonds. The molecular formula is C11H21N3O2. The minimum atomic E-state index is 0.292. The first-order valence-electron chi connectivity index (χ1n) is 5.62. The number of hydrogen-bond acceptors (Lipinski definition) is 4. The zero-order valence-electron chi connectivity index (χ0n) is 10.3. The highest BCUT2D eigenvalue weighted by molar-refractivity contribution is 5.39. The van der Waals surface area contributed by atoms with E-state index in [2.05, 4.69) is 17.3 Å². The van der Waals surface area contributed by atoms with Gasteiger partial charge in [-0.15, -0.1) is 0 Å². The number of nitrogens with zero attached hydrogens (tertiary/aromatic N) is 2. The Hall–Kier alpha value is -1.07. The molecule has 1 aromatic rings. The fourth-order valence-electron chi connectivity index (χ4n) is 1.37. The molecule has 0 aromatic carbocycles. The minimum Gasteiger partial charge on any atom is -0.383 e. The maximum Gasteiger partial charge on any atom is 0.0729 e. The van der Waals surface area contributed by atoms with Crippen molar-refractivity contribution in [3.8, 4) is 0 Å². The Bertz CT molecular complexity index is 289. The van der Waals surface area contributed by atoms with Crippen LogP contribution in [-0.4, -0.2) is 42.8 Å². The SMILES string of the molecule is CCOCC(C)Nc1cnn(CCOC)c1. The summed E-state index contributed by atoms with van der Waals surface area (Å²) in [6, 6.07) is 0.292. The standard InChI is InChI=1S/C11H21N3O2/c1-4-16-9-10(2)13-11-7-12-14(8-11)5-6-15-3/h7-8,10,13H,4-6,9H2,1-3H3. The molecular weight excluding hydrogens is 206 g/mol. The fraction of sp³-hybridized carbons (Fsp3) is 0.727. The van der Waals surface area contributed by atoms with Gasteiger partial charge in [-0.05, 0) is 13.8 Å². The van der Waals surface area contributed by atoms with Gasteiger partial charge < -0.3 is 14.8 Å². The highest BCUT2D eigenvalue weighted by atomic mass is 16.5. The van der Waals surface area contributed by atoms with Crippen LogP contribution >= 0.6 is 0 Å². The summed E-state index contributed by atoms with van der Waals surface area (Å²) >= 11 is 0. The highest BCUT2D eigenvalue weighted by Gasteiger charge is 2.03. The first kappa shape index (κ1) is 13.0. The van der Waals surface area contributed by atoms with E-state index in [1.807, 2.05) is 24.0 Å². The van der Waals surface area contributed by atoms with E-state index in [1.165, 1.54) is 0 Å². The number of hydrogen-bond donors (Lipinski definition) is 1. The first-order valence-corrected chi connectivity index (χ1v) is 5.62. The number of nitrogens with one attached hydrogen (secondary N) is 1. The molecule has 0 aliphatic heterocycles. The third-order valence-corrected chi connectivity index (χ3v) is 2.14. The van der Waals surface area contributed by atoms with E-state index in [1.54, 1.807) is 7.11 Å². The Balaban J connectivity index is 2.33. The lowest BCUT2D eigenvalue weighted by Gasteiger charge is -2.12. The second-order valence-electron chi connectivity index (χ2n) is 3.69. The molecule has 5 nitrogen and oxygen atoms in total. The maximum atomic E-state index is 5.33. The maximum absolute atomic E-state index is 5.33. The van der Waals surface area contributed by atoms with Crippen molar-refractivity contribution in [3.05, 3.63) is 12.4 Å². The average molecular weight is 227 g/mol. The van der Waals surface area contributed by atoms with Gasteiger partial charge in [0.2, 0.25) is 0 Å². The van der Waals surface area contributed by atoms with Crippen LogP contribution in [0.25, 0.3) is 0 Å². The molecule has 0 radical (unpaired) electrons. The second kappa shape index (κ2) is 7.24. The van der Waals surface area contributed by atoms with Crippen LogP contribution in [0.4, 0.5) is 5.69 Å². The molecule has 1 aromatic heterocycles. The van der Waals surface area contributed by atoms with Crippen molar-refractivity contribution in [2.75, 3.05) is 32.2 Å². The molecule has 0 bridgehead atoms. The number of aromatic nitrogens is 2. The van der Waals surface area contributed by atoms with Gasteiger partial charge >= 0.3 is 0 Å². The highest BCUT2D eigenvalue weighted by Crippen LogP contribution is 2.06. The van der Waals surface area contributed by atoms with E-state index in [4.69, 9.17) is 9.47 Å². The zero-order chi connectivity index (χ0) is 11.8. The normalized spacial score (nSPS) is 12.7. The van der Waals surface area contributed by atoms with Crippen molar-refractivity contribution in [3.63, 3.8) is 0 Å². The Labute approximate surface area is 96.7 Å². The zero-order valence-corrected chi connectivity index (χ0v) is 10.3. The molecule has 0 aliphatic rings. The van der Waals surface area contributed by atoms with Gasteiger partial charge in [0, 0.05) is 26.0 Å². The van der Waals surface area contributed by atoms with Gasteiger partial charge in [0.1, 0.15) is 0 Å². The fourth-order valence-corrected chi connectivity index (χ4v) is 1.37. The van der Waals surface area contributed by atoms with Gasteiger partial charge in [0.15, 0.2) is 0 Å². The lowest BCUT2D eigenvalue weighted by Crippen LogP contribution is -2.21. The smallest absolute Gasteiger partial charge is 0.0729 e. The summed E-state index contributed by atoms with van der Waals surface area (Å²) in [5.74, 6) is 0. The van der Waals surface area contributed by atoms with Crippen molar-refractivity contribution in [2.24, 2.45) is 0 Å². The molecule has 92 valence electrons. The Morgan fingerprint density at radius 3 is 3.06 bits per heavy atom. The monoisotopic (exact) mass is 227 g/mol. The van der Waals surface area contributed by atoms with E-state index in [-0.39, 0.29) is 0 Å². The Kier molecular flexibility index (Phi) is 5.88. The first-order chi connectivity index (χ1) is 7.76. The summed E-state index contributed by atoms with van der Waals surface area (Å²) in [6.45, 7) is 6.99. The molecule has 0 saturated carbocycles. The number of methoxy groups -OCH3 is 1. The molecule has 1 atom stereocenters. The third kappa shape index (κ3) is 4.63. The van der Waals surface area contributed by atoms with E-state index in [9.17, 15) is 0 Å². The molecule has 0 saturated heterocycles. The van der Waals surface area contributed by atoms with Crippen LogP contribution in [0.1, 0.15) is 13.8 Å². The van der Waals surface area contributed by atoms with Crippen LogP contribution in [0.5, 0.6) is 0 Å². The molecule has 0 aliphatic carbocycles. The summed E-state index contributed by atoms with van der Waals surface area (Å²) in [4.78, 5) is 0. The van der Waals surface area contributed by atoms with Crippen LogP contribution in [-0.2, 0) is 16.0 Å². The molecule has 1 heterocycles. The minimum absolute atomic E-state index is 0.292. The Morgan fingerprint density at radius 2 is 2.38 bits per heavy atom. The summed E-state index contributed by atoms with van der Waals surface area (Å²) in [7, 11) is 1.69. The van der Waals surface area contributed by atoms with Crippen molar-refractivity contribution in [1.82, 2.24) is 9.78 Å². The lowest BCUT2D eigenvalue weighted by atomic mass is 10.3. The second-order valence-corrected chi connectivity index (χ2v) is 3.69. The van der Waals surface area contributed by atoms with Gasteiger partial charge in [-0.3, -0.25) is 4.68 Å². The van der Waals surface area contributed by atoms with Crippen molar-refractivity contribution in [2.45, 2.75) is 26.4 Å². The third-order valence-electron chi connectivity index (χ3n) is 2.14. The average Bonchev–Trinajstić information content (AvgIpc) is 2.71. The molecule has 1 rings (SSSR count). The lowest BCUT2D eigenvalue weighted by molar-refractivity contribution is 0.141. The van der Waals surface area contributed by atoms with Gasteiger partial charge in [-0.1, -0.05) is 0 Å². The molecule has 0 fully saturated rings. The van der Waals surface area contributed by atoms with E-state index in [0.29, 0.717) is 19.3 Å². The summed E-state index contributed by atoms with van der Waals surface area (Å²) in [5.41, 5.74) is 1.02. The quantitative estimate of drug-likeness (QED) is 0.728. The predicted molar refractivity (Wildman–Crippen MR) is 63.7 cm³/mol. The van der Waals surface area contributed by atoms with Crippen LogP contribution in [0, 0.1) is 0 Å². The molecule has 16 heavy (non-hydrogen) atoms. The van der Waals surface area contributed by atoms with E-state index >= 15 is 0 Å². The molecule has 0 spiro atoms. The topological polar surface area (TPSA) is 48.3 Å². The molecule has 1 N–H and O–H groups in total. The van der Waals surface area contributed by atoms with Gasteiger partial charge in [-0.25, -0.2) is 0 Å². The summed E-state index contributed by atoms with van der Waals surface area (Å²) < 4.78 is 12.2. The van der Waals surface area contributed by atoms with Crippen LogP contribution in [0.3, 0.4) is 0 Å². The summed E-state index contributed by atoms with van der Waals surface area (Å²) in [5, 5.41) is 7.54. The van der Waals surface area contributed by atoms with Crippen LogP contribution in [0.15, 0.2) is 12.4 Å². The molecule has 5 heteroatoms. The van der Waals surface area contributed by atoms with Gasteiger partial charge in [0.05, 0.1) is 31.6 Å². The van der Waals surface area contributed by atoms with Crippen LogP contribution < -0.4 is 5.32 Å². The van der Waals surface area contributed by atoms with Crippen molar-refractivity contribution >= 4 is 5.69 Å². The van der Waals surface area contributed by atoms with E-state index < -0.39 is 0 Å².